The lowest BCUT2D eigenvalue weighted by Crippen LogP contribution is -2.56. The zero-order valence-electron chi connectivity index (χ0n) is 14.8. The lowest BCUT2D eigenvalue weighted by Gasteiger charge is -2.43. The van der Waals surface area contributed by atoms with Crippen molar-refractivity contribution < 1.29 is 19.7 Å². The number of hydrogen-bond donors (Lipinski definition) is 2. The average molecular weight is 356 g/mol. The number of pyridine rings is 1. The molecule has 0 unspecified atom stereocenters. The molecular formula is C20H24N2O4. The molecule has 1 fully saturated rings. The van der Waals surface area contributed by atoms with E-state index in [0.717, 1.165) is 11.3 Å². The van der Waals surface area contributed by atoms with Crippen molar-refractivity contribution in [3.8, 4) is 5.75 Å². The van der Waals surface area contributed by atoms with Crippen LogP contribution in [0.5, 0.6) is 5.75 Å². The summed E-state index contributed by atoms with van der Waals surface area (Å²) < 4.78 is 5.24. The summed E-state index contributed by atoms with van der Waals surface area (Å²) in [7, 11) is 1.58. The van der Waals surface area contributed by atoms with Crippen LogP contribution < -0.4 is 4.74 Å². The largest absolute Gasteiger partial charge is 0.497 e. The van der Waals surface area contributed by atoms with Gasteiger partial charge in [-0.05, 0) is 42.7 Å². The summed E-state index contributed by atoms with van der Waals surface area (Å²) in [5.41, 5.74) is 0.481. The van der Waals surface area contributed by atoms with Crippen LogP contribution in [0.25, 0.3) is 0 Å². The number of aromatic nitrogens is 1. The van der Waals surface area contributed by atoms with E-state index in [9.17, 15) is 15.0 Å². The van der Waals surface area contributed by atoms with E-state index in [4.69, 9.17) is 4.74 Å². The molecule has 6 heteroatoms. The van der Waals surface area contributed by atoms with E-state index in [1.807, 2.05) is 42.5 Å². The molecular weight excluding hydrogens is 332 g/mol. The van der Waals surface area contributed by atoms with Crippen LogP contribution >= 0.6 is 0 Å². The number of likely N-dealkylation sites (tertiary alicyclic amines) is 1. The maximum Gasteiger partial charge on any atom is 0.313 e. The number of nitrogens with zero attached hydrogens (tertiary/aromatic N) is 2. The van der Waals surface area contributed by atoms with Crippen molar-refractivity contribution in [2.45, 2.75) is 25.5 Å². The zero-order chi connectivity index (χ0) is 18.6. The molecule has 0 amide bonds. The van der Waals surface area contributed by atoms with Crippen molar-refractivity contribution >= 4 is 5.97 Å². The van der Waals surface area contributed by atoms with Gasteiger partial charge in [0, 0.05) is 25.8 Å². The van der Waals surface area contributed by atoms with Crippen LogP contribution in [0.4, 0.5) is 0 Å². The molecule has 3 rings (SSSR count). The number of rotatable bonds is 6. The number of ether oxygens (including phenoxy) is 1. The molecule has 2 heterocycles. The van der Waals surface area contributed by atoms with Crippen LogP contribution in [0.3, 0.4) is 0 Å². The molecule has 0 spiro atoms. The highest BCUT2D eigenvalue weighted by Crippen LogP contribution is 2.35. The molecule has 0 radical (unpaired) electrons. The molecule has 2 aromatic rings. The second kappa shape index (κ2) is 7.85. The number of aliphatic hydroxyl groups is 1. The summed E-state index contributed by atoms with van der Waals surface area (Å²) in [5.74, 6) is -0.294. The first-order valence-corrected chi connectivity index (χ1v) is 8.70. The first-order chi connectivity index (χ1) is 12.5. The van der Waals surface area contributed by atoms with Gasteiger partial charge in [-0.25, -0.2) is 0 Å². The molecule has 0 saturated carbocycles. The molecule has 1 aromatic carbocycles. The van der Waals surface area contributed by atoms with Crippen LogP contribution in [0, 0.1) is 5.41 Å². The van der Waals surface area contributed by atoms with Gasteiger partial charge in [0.1, 0.15) is 11.2 Å². The number of carbonyl (C=O) groups is 1. The van der Waals surface area contributed by atoms with Crippen molar-refractivity contribution in [2.75, 3.05) is 20.2 Å². The van der Waals surface area contributed by atoms with Crippen molar-refractivity contribution in [1.29, 1.82) is 0 Å². The van der Waals surface area contributed by atoms with Crippen LogP contribution in [0.2, 0.25) is 0 Å². The van der Waals surface area contributed by atoms with Crippen molar-refractivity contribution in [3.05, 3.63) is 59.9 Å². The molecule has 2 atom stereocenters. The predicted molar refractivity (Wildman–Crippen MR) is 96.9 cm³/mol. The van der Waals surface area contributed by atoms with Gasteiger partial charge in [-0.2, -0.15) is 0 Å². The summed E-state index contributed by atoms with van der Waals surface area (Å²) in [6, 6.07) is 13.1. The summed E-state index contributed by atoms with van der Waals surface area (Å²) in [6.07, 6.45) is 1.50. The van der Waals surface area contributed by atoms with E-state index in [2.05, 4.69) is 9.88 Å². The fraction of sp³-hybridized carbons (Fsp3) is 0.400. The summed E-state index contributed by atoms with van der Waals surface area (Å²) in [4.78, 5) is 18.6. The Kier molecular flexibility index (Phi) is 5.54. The number of aliphatic hydroxyl groups excluding tert-OH is 1. The lowest BCUT2D eigenvalue weighted by atomic mass is 9.72. The Morgan fingerprint density at radius 3 is 2.88 bits per heavy atom. The second-order valence-electron chi connectivity index (χ2n) is 6.83. The fourth-order valence-corrected chi connectivity index (χ4v) is 3.63. The molecule has 1 aromatic heterocycles. The number of aliphatic carboxylic acids is 1. The molecule has 1 aliphatic rings. The van der Waals surface area contributed by atoms with Gasteiger partial charge in [0.15, 0.2) is 0 Å². The average Bonchev–Trinajstić information content (AvgIpc) is 2.65. The normalized spacial score (nSPS) is 23.5. The van der Waals surface area contributed by atoms with Crippen molar-refractivity contribution in [3.63, 3.8) is 0 Å². The first kappa shape index (κ1) is 18.4. The summed E-state index contributed by atoms with van der Waals surface area (Å²) >= 11 is 0. The topological polar surface area (TPSA) is 82.9 Å². The van der Waals surface area contributed by atoms with Crippen LogP contribution in [-0.4, -0.2) is 52.4 Å². The van der Waals surface area contributed by atoms with E-state index in [0.29, 0.717) is 25.3 Å². The maximum absolute atomic E-state index is 12.2. The third-order valence-electron chi connectivity index (χ3n) is 5.05. The minimum atomic E-state index is -1.25. The molecule has 2 N–H and O–H groups in total. The van der Waals surface area contributed by atoms with Gasteiger partial charge >= 0.3 is 5.97 Å². The predicted octanol–water partition coefficient (Wildman–Crippen LogP) is 1.97. The third-order valence-corrected chi connectivity index (χ3v) is 5.05. The summed E-state index contributed by atoms with van der Waals surface area (Å²) in [6.45, 7) is 1.49. The van der Waals surface area contributed by atoms with Gasteiger partial charge in [-0.1, -0.05) is 18.2 Å². The Bertz CT molecular complexity index is 752. The molecule has 0 bridgehead atoms. The molecule has 1 aliphatic heterocycles. The maximum atomic E-state index is 12.2. The molecule has 138 valence electrons. The molecule has 26 heavy (non-hydrogen) atoms. The molecule has 6 nitrogen and oxygen atoms in total. The Labute approximate surface area is 153 Å². The van der Waals surface area contributed by atoms with Crippen LogP contribution in [0.15, 0.2) is 48.7 Å². The van der Waals surface area contributed by atoms with Crippen molar-refractivity contribution in [2.24, 2.45) is 5.41 Å². The lowest BCUT2D eigenvalue weighted by molar-refractivity contribution is -0.163. The SMILES string of the molecule is COc1cccc(C[C@@]2(C(=O)O)CN(Cc3ccccn3)CC[C@@H]2O)c1. The van der Waals surface area contributed by atoms with E-state index < -0.39 is 17.5 Å². The van der Waals surface area contributed by atoms with Crippen molar-refractivity contribution in [1.82, 2.24) is 9.88 Å². The minimum Gasteiger partial charge on any atom is -0.497 e. The zero-order valence-corrected chi connectivity index (χ0v) is 14.8. The standard InChI is InChI=1S/C20H24N2O4/c1-26-17-7-4-5-15(11-17)12-20(19(24)25)14-22(10-8-18(20)23)13-16-6-2-3-9-21-16/h2-7,9,11,18,23H,8,10,12-14H2,1H3,(H,24,25)/t18-,20+/m0/s1. The quantitative estimate of drug-likeness (QED) is 0.823. The monoisotopic (exact) mass is 356 g/mol. The molecule has 0 aliphatic carbocycles. The highest BCUT2D eigenvalue weighted by molar-refractivity contribution is 5.76. The summed E-state index contributed by atoms with van der Waals surface area (Å²) in [5, 5.41) is 20.6. The Hall–Kier alpha value is -2.44. The van der Waals surface area contributed by atoms with Gasteiger partial charge in [-0.3, -0.25) is 14.7 Å². The van der Waals surface area contributed by atoms with E-state index in [1.165, 1.54) is 0 Å². The van der Waals surface area contributed by atoms with Gasteiger partial charge < -0.3 is 14.9 Å². The second-order valence-corrected chi connectivity index (χ2v) is 6.83. The Balaban J connectivity index is 1.83. The third kappa shape index (κ3) is 3.86. The highest BCUT2D eigenvalue weighted by atomic mass is 16.5. The number of piperidine rings is 1. The highest BCUT2D eigenvalue weighted by Gasteiger charge is 2.49. The Morgan fingerprint density at radius 1 is 1.35 bits per heavy atom. The van der Waals surface area contributed by atoms with Crippen LogP contribution in [-0.2, 0) is 17.8 Å². The molecule has 1 saturated heterocycles. The number of carboxylic acids is 1. The first-order valence-electron chi connectivity index (χ1n) is 8.70. The number of hydrogen-bond acceptors (Lipinski definition) is 5. The van der Waals surface area contributed by atoms with Gasteiger partial charge in [-0.15, -0.1) is 0 Å². The van der Waals surface area contributed by atoms with Gasteiger partial charge in [0.25, 0.3) is 0 Å². The van der Waals surface area contributed by atoms with E-state index in [1.54, 1.807) is 13.3 Å². The Morgan fingerprint density at radius 2 is 2.19 bits per heavy atom. The minimum absolute atomic E-state index is 0.249. The van der Waals surface area contributed by atoms with E-state index in [-0.39, 0.29) is 13.0 Å². The number of benzene rings is 1. The van der Waals surface area contributed by atoms with E-state index >= 15 is 0 Å². The smallest absolute Gasteiger partial charge is 0.313 e. The van der Waals surface area contributed by atoms with Gasteiger partial charge in [0.2, 0.25) is 0 Å². The fourth-order valence-electron chi connectivity index (χ4n) is 3.63. The number of methoxy groups -OCH3 is 1. The van der Waals surface area contributed by atoms with Gasteiger partial charge in [0.05, 0.1) is 18.9 Å². The number of carboxylic acid groups (broad SMARTS) is 1. The van der Waals surface area contributed by atoms with Crippen LogP contribution in [0.1, 0.15) is 17.7 Å².